The summed E-state index contributed by atoms with van der Waals surface area (Å²) >= 11 is 1.29. The number of carbonyl (C=O) groups excluding carboxylic acids is 1. The van der Waals surface area contributed by atoms with E-state index in [1.54, 1.807) is 0 Å². The Kier molecular flexibility index (Phi) is 3.40. The van der Waals surface area contributed by atoms with Gasteiger partial charge >= 0.3 is 0 Å². The maximum Gasteiger partial charge on any atom is 0.249 e. The molecule has 1 atom stereocenters. The second-order valence-corrected chi connectivity index (χ2v) is 5.71. The Morgan fingerprint density at radius 3 is 2.70 bits per heavy atom. The SMILES string of the molecule is Cc1ccc(N2CCC(Nc3nc(C)ns3)C2=O)cc1. The number of aromatic nitrogens is 2. The van der Waals surface area contributed by atoms with Crippen molar-refractivity contribution >= 4 is 28.3 Å². The Bertz CT molecular complexity index is 622. The zero-order chi connectivity index (χ0) is 14.1. The van der Waals surface area contributed by atoms with Crippen LogP contribution in [0.2, 0.25) is 0 Å². The Hall–Kier alpha value is -1.95. The summed E-state index contributed by atoms with van der Waals surface area (Å²) in [5, 5.41) is 3.89. The molecule has 1 aliphatic heterocycles. The summed E-state index contributed by atoms with van der Waals surface area (Å²) in [4.78, 5) is 18.5. The van der Waals surface area contributed by atoms with Gasteiger partial charge in [0.05, 0.1) is 0 Å². The predicted octanol–water partition coefficient (Wildman–Crippen LogP) is 2.37. The average molecular weight is 288 g/mol. The number of nitrogens with zero attached hydrogens (tertiary/aromatic N) is 3. The number of carbonyl (C=O) groups is 1. The molecule has 104 valence electrons. The molecule has 2 heterocycles. The van der Waals surface area contributed by atoms with E-state index in [1.165, 1.54) is 17.1 Å². The third kappa shape index (κ3) is 2.51. The maximum atomic E-state index is 12.4. The molecule has 0 aliphatic carbocycles. The number of aryl methyl sites for hydroxylation is 2. The van der Waals surface area contributed by atoms with E-state index < -0.39 is 0 Å². The van der Waals surface area contributed by atoms with Crippen LogP contribution in [0.5, 0.6) is 0 Å². The van der Waals surface area contributed by atoms with Crippen LogP contribution < -0.4 is 10.2 Å². The molecule has 6 heteroatoms. The molecule has 1 N–H and O–H groups in total. The highest BCUT2D eigenvalue weighted by Crippen LogP contribution is 2.24. The van der Waals surface area contributed by atoms with Gasteiger partial charge in [0.15, 0.2) is 0 Å². The van der Waals surface area contributed by atoms with Crippen molar-refractivity contribution in [2.45, 2.75) is 26.3 Å². The topological polar surface area (TPSA) is 58.1 Å². The summed E-state index contributed by atoms with van der Waals surface area (Å²) < 4.78 is 4.11. The van der Waals surface area contributed by atoms with E-state index >= 15 is 0 Å². The molecule has 3 rings (SSSR count). The van der Waals surface area contributed by atoms with E-state index in [1.807, 2.05) is 43.0 Å². The van der Waals surface area contributed by atoms with E-state index in [4.69, 9.17) is 0 Å². The Balaban J connectivity index is 1.72. The van der Waals surface area contributed by atoms with Crippen molar-refractivity contribution in [1.82, 2.24) is 9.36 Å². The molecule has 0 bridgehead atoms. The number of amides is 1. The second kappa shape index (κ2) is 5.20. The van der Waals surface area contributed by atoms with Gasteiger partial charge in [0.2, 0.25) is 11.0 Å². The van der Waals surface area contributed by atoms with Crippen LogP contribution in [0.25, 0.3) is 0 Å². The predicted molar refractivity (Wildman–Crippen MR) is 80.2 cm³/mol. The quantitative estimate of drug-likeness (QED) is 0.942. The van der Waals surface area contributed by atoms with Crippen molar-refractivity contribution in [1.29, 1.82) is 0 Å². The minimum Gasteiger partial charge on any atom is -0.348 e. The van der Waals surface area contributed by atoms with E-state index in [0.717, 1.165) is 24.5 Å². The smallest absolute Gasteiger partial charge is 0.249 e. The average Bonchev–Trinajstić information content (AvgIpc) is 2.99. The summed E-state index contributed by atoms with van der Waals surface area (Å²) in [6.45, 7) is 4.62. The molecule has 1 saturated heterocycles. The first-order chi connectivity index (χ1) is 9.63. The molecule has 20 heavy (non-hydrogen) atoms. The number of anilines is 2. The zero-order valence-electron chi connectivity index (χ0n) is 11.5. The van der Waals surface area contributed by atoms with Crippen molar-refractivity contribution in [3.05, 3.63) is 35.7 Å². The lowest BCUT2D eigenvalue weighted by Crippen LogP contribution is -2.33. The third-order valence-corrected chi connectivity index (χ3v) is 4.11. The fraction of sp³-hybridized carbons (Fsp3) is 0.357. The molecular weight excluding hydrogens is 272 g/mol. The molecular formula is C14H16N4OS. The van der Waals surface area contributed by atoms with Crippen molar-refractivity contribution in [3.63, 3.8) is 0 Å². The van der Waals surface area contributed by atoms with Crippen molar-refractivity contribution in [2.24, 2.45) is 0 Å². The standard InChI is InChI=1S/C14H16N4OS/c1-9-3-5-11(6-4-9)18-8-7-12(13(18)19)16-14-15-10(2)17-20-14/h3-6,12H,7-8H2,1-2H3,(H,15,16,17). The lowest BCUT2D eigenvalue weighted by molar-refractivity contribution is -0.117. The monoisotopic (exact) mass is 288 g/mol. The van der Waals surface area contributed by atoms with Crippen molar-refractivity contribution in [2.75, 3.05) is 16.8 Å². The van der Waals surface area contributed by atoms with Gasteiger partial charge in [-0.15, -0.1) is 0 Å². The van der Waals surface area contributed by atoms with Gasteiger partial charge in [-0.3, -0.25) is 4.79 Å². The molecule has 1 aromatic heterocycles. The number of nitrogens with one attached hydrogen (secondary N) is 1. The normalized spacial score (nSPS) is 18.6. The minimum absolute atomic E-state index is 0.0988. The van der Waals surface area contributed by atoms with Crippen LogP contribution in [0.3, 0.4) is 0 Å². The molecule has 0 saturated carbocycles. The van der Waals surface area contributed by atoms with Gasteiger partial charge in [0.1, 0.15) is 11.9 Å². The summed E-state index contributed by atoms with van der Waals surface area (Å²) in [5.74, 6) is 0.833. The Morgan fingerprint density at radius 1 is 1.30 bits per heavy atom. The van der Waals surface area contributed by atoms with Crippen molar-refractivity contribution in [3.8, 4) is 0 Å². The molecule has 1 aliphatic rings. The van der Waals surface area contributed by atoms with E-state index in [-0.39, 0.29) is 11.9 Å². The van der Waals surface area contributed by atoms with Gasteiger partial charge in [0.25, 0.3) is 0 Å². The fourth-order valence-electron chi connectivity index (χ4n) is 2.30. The largest absolute Gasteiger partial charge is 0.348 e. The maximum absolute atomic E-state index is 12.4. The Labute approximate surface area is 121 Å². The second-order valence-electron chi connectivity index (χ2n) is 4.96. The highest BCUT2D eigenvalue weighted by molar-refractivity contribution is 7.09. The first-order valence-corrected chi connectivity index (χ1v) is 7.36. The van der Waals surface area contributed by atoms with Gasteiger partial charge in [0, 0.05) is 23.8 Å². The van der Waals surface area contributed by atoms with E-state index in [0.29, 0.717) is 5.13 Å². The van der Waals surface area contributed by atoms with Crippen LogP contribution in [0.15, 0.2) is 24.3 Å². The molecule has 0 spiro atoms. The zero-order valence-corrected chi connectivity index (χ0v) is 12.3. The van der Waals surface area contributed by atoms with Gasteiger partial charge in [-0.2, -0.15) is 4.37 Å². The van der Waals surface area contributed by atoms with Gasteiger partial charge < -0.3 is 10.2 Å². The lowest BCUT2D eigenvalue weighted by Gasteiger charge is -2.17. The van der Waals surface area contributed by atoms with Gasteiger partial charge in [-0.05, 0) is 32.4 Å². The van der Waals surface area contributed by atoms with Gasteiger partial charge in [-0.25, -0.2) is 4.98 Å². The van der Waals surface area contributed by atoms with E-state index in [2.05, 4.69) is 14.7 Å². The number of hydrogen-bond donors (Lipinski definition) is 1. The molecule has 1 aromatic carbocycles. The van der Waals surface area contributed by atoms with Crippen LogP contribution in [-0.4, -0.2) is 27.9 Å². The van der Waals surface area contributed by atoms with Crippen LogP contribution in [0.1, 0.15) is 17.8 Å². The first-order valence-electron chi connectivity index (χ1n) is 6.58. The molecule has 1 amide bonds. The van der Waals surface area contributed by atoms with E-state index in [9.17, 15) is 4.79 Å². The summed E-state index contributed by atoms with van der Waals surface area (Å²) in [7, 11) is 0. The van der Waals surface area contributed by atoms with Crippen LogP contribution in [-0.2, 0) is 4.79 Å². The Morgan fingerprint density at radius 2 is 2.05 bits per heavy atom. The van der Waals surface area contributed by atoms with Crippen LogP contribution in [0, 0.1) is 13.8 Å². The molecule has 0 radical (unpaired) electrons. The molecule has 5 nitrogen and oxygen atoms in total. The number of hydrogen-bond acceptors (Lipinski definition) is 5. The summed E-state index contributed by atoms with van der Waals surface area (Å²) in [6, 6.07) is 7.83. The first kappa shape index (κ1) is 13.1. The summed E-state index contributed by atoms with van der Waals surface area (Å²) in [5.41, 5.74) is 2.15. The number of rotatable bonds is 3. The molecule has 1 fully saturated rings. The summed E-state index contributed by atoms with van der Waals surface area (Å²) in [6.07, 6.45) is 0.783. The highest BCUT2D eigenvalue weighted by atomic mass is 32.1. The number of benzene rings is 1. The minimum atomic E-state index is -0.205. The lowest BCUT2D eigenvalue weighted by atomic mass is 10.2. The third-order valence-electron chi connectivity index (χ3n) is 3.38. The van der Waals surface area contributed by atoms with Crippen LogP contribution in [0.4, 0.5) is 10.8 Å². The van der Waals surface area contributed by atoms with Crippen molar-refractivity contribution < 1.29 is 4.79 Å². The highest BCUT2D eigenvalue weighted by Gasteiger charge is 2.32. The fourth-order valence-corrected chi connectivity index (χ4v) is 2.93. The molecule has 1 unspecified atom stereocenters. The molecule has 2 aromatic rings. The van der Waals surface area contributed by atoms with Crippen LogP contribution >= 0.6 is 11.5 Å². The van der Waals surface area contributed by atoms with Gasteiger partial charge in [-0.1, -0.05) is 17.7 Å².